The van der Waals surface area contributed by atoms with Gasteiger partial charge >= 0.3 is 0 Å². The summed E-state index contributed by atoms with van der Waals surface area (Å²) in [5, 5.41) is 3.55. The van der Waals surface area contributed by atoms with Gasteiger partial charge in [-0.15, -0.1) is 0 Å². The van der Waals surface area contributed by atoms with Crippen LogP contribution in [0.3, 0.4) is 0 Å². The van der Waals surface area contributed by atoms with E-state index in [4.69, 9.17) is 5.73 Å². The lowest BCUT2D eigenvalue weighted by molar-refractivity contribution is 0.154. The Hall–Kier alpha value is -0.120. The molecule has 1 atom stereocenters. The Labute approximate surface area is 171 Å². The van der Waals surface area contributed by atoms with Crippen LogP contribution in [0.4, 0.5) is 0 Å². The molecule has 1 aliphatic heterocycles. The van der Waals surface area contributed by atoms with Crippen molar-refractivity contribution >= 4 is 0 Å². The van der Waals surface area contributed by atoms with Crippen LogP contribution in [0.25, 0.3) is 0 Å². The second kappa shape index (κ2) is 19.2. The monoisotopic (exact) mass is 381 g/mol. The smallest absolute Gasteiger partial charge is 0.0221 e. The minimum Gasteiger partial charge on any atom is -0.329 e. The predicted molar refractivity (Wildman–Crippen MR) is 121 cm³/mol. The summed E-state index contributed by atoms with van der Waals surface area (Å²) in [6, 6.07) is 0.731. The quantitative estimate of drug-likeness (QED) is 0.275. The van der Waals surface area contributed by atoms with Crippen molar-refractivity contribution in [2.75, 3.05) is 32.7 Å². The first kappa shape index (κ1) is 24.9. The number of piperazine rings is 1. The molecule has 0 saturated carbocycles. The van der Waals surface area contributed by atoms with Gasteiger partial charge in [0.2, 0.25) is 0 Å². The Bertz CT molecular complexity index is 293. The molecular weight excluding hydrogens is 330 g/mol. The van der Waals surface area contributed by atoms with Crippen molar-refractivity contribution in [2.45, 2.75) is 122 Å². The average Bonchev–Trinajstić information content (AvgIpc) is 2.69. The molecule has 3 N–H and O–H groups in total. The zero-order chi connectivity index (χ0) is 19.4. The molecule has 1 aliphatic rings. The summed E-state index contributed by atoms with van der Waals surface area (Å²) in [5.41, 5.74) is 5.75. The van der Waals surface area contributed by atoms with Crippen molar-refractivity contribution in [3.8, 4) is 0 Å². The van der Waals surface area contributed by atoms with Crippen LogP contribution < -0.4 is 11.1 Å². The molecule has 162 valence electrons. The topological polar surface area (TPSA) is 41.3 Å². The Morgan fingerprint density at radius 1 is 0.741 bits per heavy atom. The largest absolute Gasteiger partial charge is 0.329 e. The molecule has 0 spiro atoms. The van der Waals surface area contributed by atoms with Crippen molar-refractivity contribution in [3.05, 3.63) is 0 Å². The highest BCUT2D eigenvalue weighted by Gasteiger charge is 2.20. The molecule has 0 aromatic heterocycles. The van der Waals surface area contributed by atoms with Gasteiger partial charge in [0.1, 0.15) is 0 Å². The van der Waals surface area contributed by atoms with Gasteiger partial charge in [0.25, 0.3) is 0 Å². The first-order valence-corrected chi connectivity index (χ1v) is 12.5. The highest BCUT2D eigenvalue weighted by molar-refractivity contribution is 4.79. The molecule has 1 fully saturated rings. The maximum Gasteiger partial charge on any atom is 0.0221 e. The van der Waals surface area contributed by atoms with E-state index >= 15 is 0 Å². The number of rotatable bonds is 19. The third-order valence-electron chi connectivity index (χ3n) is 6.28. The molecule has 0 radical (unpaired) electrons. The number of unbranched alkanes of at least 4 members (excludes halogenated alkanes) is 15. The van der Waals surface area contributed by atoms with Gasteiger partial charge in [-0.05, 0) is 6.42 Å². The molecule has 3 heteroatoms. The van der Waals surface area contributed by atoms with Gasteiger partial charge in [0, 0.05) is 38.8 Å². The number of nitrogens with two attached hydrogens (primary N) is 1. The fourth-order valence-electron chi connectivity index (χ4n) is 4.48. The highest BCUT2D eigenvalue weighted by atomic mass is 15.2. The van der Waals surface area contributed by atoms with Gasteiger partial charge in [0.15, 0.2) is 0 Å². The third-order valence-corrected chi connectivity index (χ3v) is 6.28. The lowest BCUT2D eigenvalue weighted by atomic mass is 10.0. The van der Waals surface area contributed by atoms with Crippen molar-refractivity contribution < 1.29 is 0 Å². The number of hydrogen-bond acceptors (Lipinski definition) is 3. The average molecular weight is 382 g/mol. The summed E-state index contributed by atoms with van der Waals surface area (Å²) in [5.74, 6) is 0. The molecule has 0 amide bonds. The molecule has 0 bridgehead atoms. The Balaban J connectivity index is 1.77. The van der Waals surface area contributed by atoms with E-state index in [9.17, 15) is 0 Å². The molecule has 1 saturated heterocycles. The summed E-state index contributed by atoms with van der Waals surface area (Å²) < 4.78 is 0. The van der Waals surface area contributed by atoms with E-state index in [0.29, 0.717) is 0 Å². The van der Waals surface area contributed by atoms with Crippen LogP contribution in [0, 0.1) is 0 Å². The van der Waals surface area contributed by atoms with Crippen LogP contribution in [-0.2, 0) is 0 Å². The standard InChI is InChI=1S/C24H51N3/c1-2-3-4-5-6-7-8-9-10-11-12-13-14-15-16-17-18-24-23-26-20-22-27(24)21-19-25/h24,26H,2-23,25H2,1H3. The Morgan fingerprint density at radius 3 is 1.70 bits per heavy atom. The van der Waals surface area contributed by atoms with Crippen LogP contribution in [0.5, 0.6) is 0 Å². The second-order valence-electron chi connectivity index (χ2n) is 8.77. The first-order chi connectivity index (χ1) is 13.4. The fourth-order valence-corrected chi connectivity index (χ4v) is 4.48. The van der Waals surface area contributed by atoms with E-state index in [2.05, 4.69) is 17.1 Å². The highest BCUT2D eigenvalue weighted by Crippen LogP contribution is 2.15. The molecule has 0 aliphatic carbocycles. The zero-order valence-corrected chi connectivity index (χ0v) is 18.7. The van der Waals surface area contributed by atoms with Crippen molar-refractivity contribution in [3.63, 3.8) is 0 Å². The van der Waals surface area contributed by atoms with Crippen LogP contribution in [0.15, 0.2) is 0 Å². The molecule has 3 nitrogen and oxygen atoms in total. The van der Waals surface area contributed by atoms with Crippen molar-refractivity contribution in [2.24, 2.45) is 5.73 Å². The van der Waals surface area contributed by atoms with Crippen LogP contribution in [-0.4, -0.2) is 43.7 Å². The fraction of sp³-hybridized carbons (Fsp3) is 1.00. The summed E-state index contributed by atoms with van der Waals surface area (Å²) in [7, 11) is 0. The maximum absolute atomic E-state index is 5.75. The third kappa shape index (κ3) is 14.5. The van der Waals surface area contributed by atoms with E-state index < -0.39 is 0 Å². The predicted octanol–water partition coefficient (Wildman–Crippen LogP) is 5.87. The van der Waals surface area contributed by atoms with E-state index in [1.807, 2.05) is 0 Å². The van der Waals surface area contributed by atoms with Gasteiger partial charge in [0.05, 0.1) is 0 Å². The minimum absolute atomic E-state index is 0.731. The lowest BCUT2D eigenvalue weighted by Crippen LogP contribution is -2.52. The first-order valence-electron chi connectivity index (χ1n) is 12.5. The van der Waals surface area contributed by atoms with Gasteiger partial charge in [-0.1, -0.05) is 110 Å². The maximum atomic E-state index is 5.75. The normalized spacial score (nSPS) is 18.2. The molecule has 1 heterocycles. The van der Waals surface area contributed by atoms with E-state index in [1.54, 1.807) is 0 Å². The molecule has 0 aromatic carbocycles. The summed E-state index contributed by atoms with van der Waals surface area (Å²) >= 11 is 0. The van der Waals surface area contributed by atoms with Crippen molar-refractivity contribution in [1.29, 1.82) is 0 Å². The summed E-state index contributed by atoms with van der Waals surface area (Å²) in [6.45, 7) is 7.65. The summed E-state index contributed by atoms with van der Waals surface area (Å²) in [6.07, 6.45) is 24.6. The molecule has 1 unspecified atom stereocenters. The van der Waals surface area contributed by atoms with Crippen LogP contribution >= 0.6 is 0 Å². The SMILES string of the molecule is CCCCCCCCCCCCCCCCCCC1CNCCN1CCN. The molecular formula is C24H51N3. The van der Waals surface area contributed by atoms with E-state index in [0.717, 1.165) is 25.7 Å². The van der Waals surface area contributed by atoms with E-state index in [-0.39, 0.29) is 0 Å². The van der Waals surface area contributed by atoms with Gasteiger partial charge in [-0.3, -0.25) is 4.90 Å². The van der Waals surface area contributed by atoms with Crippen LogP contribution in [0.2, 0.25) is 0 Å². The Kier molecular flexibility index (Phi) is 17.7. The molecule has 0 aromatic rings. The summed E-state index contributed by atoms with van der Waals surface area (Å²) in [4.78, 5) is 2.60. The van der Waals surface area contributed by atoms with E-state index in [1.165, 1.54) is 122 Å². The van der Waals surface area contributed by atoms with Crippen molar-refractivity contribution in [1.82, 2.24) is 10.2 Å². The number of nitrogens with one attached hydrogen (secondary N) is 1. The second-order valence-corrected chi connectivity index (χ2v) is 8.77. The Morgan fingerprint density at radius 2 is 1.22 bits per heavy atom. The van der Waals surface area contributed by atoms with Gasteiger partial charge in [-0.2, -0.15) is 0 Å². The number of nitrogens with zero attached hydrogens (tertiary/aromatic N) is 1. The number of hydrogen-bond donors (Lipinski definition) is 2. The lowest BCUT2D eigenvalue weighted by Gasteiger charge is -2.36. The van der Waals surface area contributed by atoms with Crippen LogP contribution in [0.1, 0.15) is 116 Å². The zero-order valence-electron chi connectivity index (χ0n) is 18.7. The molecule has 1 rings (SSSR count). The van der Waals surface area contributed by atoms with Gasteiger partial charge in [-0.25, -0.2) is 0 Å². The van der Waals surface area contributed by atoms with Gasteiger partial charge < -0.3 is 11.1 Å². The molecule has 27 heavy (non-hydrogen) atoms. The minimum atomic E-state index is 0.731.